The van der Waals surface area contributed by atoms with Crippen LogP contribution in [0, 0.1) is 0 Å². The molecular weight excluding hydrogens is 685 g/mol. The average molecular weight is 717 g/mol. The lowest BCUT2D eigenvalue weighted by Gasteiger charge is -2.11. The molecule has 0 N–H and O–H groups in total. The van der Waals surface area contributed by atoms with Gasteiger partial charge in [-0.2, -0.15) is 0 Å². The van der Waals surface area contributed by atoms with E-state index in [-0.39, 0.29) is 0 Å². The zero-order valence-electron chi connectivity index (χ0n) is 30.2. The predicted octanol–water partition coefficient (Wildman–Crippen LogP) is 12.1. The number of fused-ring (bicyclic) bond motifs is 6. The van der Waals surface area contributed by atoms with Crippen LogP contribution in [0.3, 0.4) is 0 Å². The van der Waals surface area contributed by atoms with Crippen molar-refractivity contribution in [3.05, 3.63) is 194 Å². The molecule has 0 atom stereocenters. The van der Waals surface area contributed by atoms with Gasteiger partial charge in [-0.3, -0.25) is 4.57 Å². The molecule has 4 aromatic heterocycles. The van der Waals surface area contributed by atoms with E-state index >= 15 is 0 Å². The third-order valence-corrected chi connectivity index (χ3v) is 10.6. The quantitative estimate of drug-likeness (QED) is 0.172. The van der Waals surface area contributed by atoms with Crippen molar-refractivity contribution in [1.29, 1.82) is 0 Å². The third kappa shape index (κ3) is 5.19. The van der Waals surface area contributed by atoms with Crippen molar-refractivity contribution in [2.45, 2.75) is 0 Å². The highest BCUT2D eigenvalue weighted by atomic mass is 15.0. The fourth-order valence-corrected chi connectivity index (χ4v) is 8.09. The summed E-state index contributed by atoms with van der Waals surface area (Å²) in [4.78, 5) is 19.6. The molecule has 0 saturated heterocycles. The van der Waals surface area contributed by atoms with Crippen molar-refractivity contribution >= 4 is 43.7 Å². The molecule has 56 heavy (non-hydrogen) atoms. The molecule has 11 aromatic rings. The summed E-state index contributed by atoms with van der Waals surface area (Å²) in [5.41, 5.74) is 11.7. The molecule has 0 radical (unpaired) electrons. The van der Waals surface area contributed by atoms with E-state index in [0.29, 0.717) is 17.5 Å². The van der Waals surface area contributed by atoms with Crippen LogP contribution in [0.4, 0.5) is 0 Å². The van der Waals surface area contributed by atoms with E-state index in [2.05, 4.69) is 124 Å². The fourth-order valence-electron chi connectivity index (χ4n) is 8.09. The number of hydrogen-bond donors (Lipinski definition) is 0. The highest BCUT2D eigenvalue weighted by molar-refractivity contribution is 6.17. The summed E-state index contributed by atoms with van der Waals surface area (Å²) in [5, 5.41) is 4.73. The van der Waals surface area contributed by atoms with Gasteiger partial charge in [-0.1, -0.05) is 115 Å². The maximum atomic E-state index is 4.96. The van der Waals surface area contributed by atoms with E-state index < -0.39 is 0 Å². The van der Waals surface area contributed by atoms with Crippen LogP contribution >= 0.6 is 0 Å². The van der Waals surface area contributed by atoms with Crippen molar-refractivity contribution in [2.75, 3.05) is 0 Å². The normalized spacial score (nSPS) is 11.6. The maximum Gasteiger partial charge on any atom is 0.164 e. The van der Waals surface area contributed by atoms with Crippen LogP contribution in [0.1, 0.15) is 0 Å². The molecule has 6 heteroatoms. The first-order valence-electron chi connectivity index (χ1n) is 18.7. The second kappa shape index (κ2) is 13.0. The van der Waals surface area contributed by atoms with E-state index in [0.717, 1.165) is 61.2 Å². The minimum Gasteiger partial charge on any atom is -0.309 e. The van der Waals surface area contributed by atoms with Crippen LogP contribution in [0.2, 0.25) is 0 Å². The summed E-state index contributed by atoms with van der Waals surface area (Å²) >= 11 is 0. The van der Waals surface area contributed by atoms with Gasteiger partial charge in [-0.15, -0.1) is 0 Å². The van der Waals surface area contributed by atoms with Gasteiger partial charge in [-0.25, -0.2) is 19.9 Å². The first kappa shape index (κ1) is 31.8. The van der Waals surface area contributed by atoms with Gasteiger partial charge in [0.05, 0.1) is 16.6 Å². The molecule has 0 aliphatic carbocycles. The number of pyridine rings is 1. The van der Waals surface area contributed by atoms with Crippen molar-refractivity contribution in [3.63, 3.8) is 0 Å². The lowest BCUT2D eigenvalue weighted by atomic mass is 9.98. The number of aromatic nitrogens is 6. The van der Waals surface area contributed by atoms with E-state index in [1.165, 1.54) is 21.7 Å². The van der Waals surface area contributed by atoms with Crippen LogP contribution in [0.15, 0.2) is 194 Å². The van der Waals surface area contributed by atoms with Crippen LogP contribution in [-0.2, 0) is 0 Å². The maximum absolute atomic E-state index is 4.96. The predicted molar refractivity (Wildman–Crippen MR) is 228 cm³/mol. The second-order valence-corrected chi connectivity index (χ2v) is 13.9. The average Bonchev–Trinajstić information content (AvgIpc) is 3.80. The third-order valence-electron chi connectivity index (χ3n) is 10.6. The van der Waals surface area contributed by atoms with Crippen molar-refractivity contribution in [3.8, 4) is 56.7 Å². The Morgan fingerprint density at radius 1 is 0.339 bits per heavy atom. The van der Waals surface area contributed by atoms with E-state index in [4.69, 9.17) is 19.9 Å². The summed E-state index contributed by atoms with van der Waals surface area (Å²) in [7, 11) is 0. The van der Waals surface area contributed by atoms with Gasteiger partial charge in [0, 0.05) is 55.8 Å². The Bertz CT molecular complexity index is 3160. The molecule has 0 saturated carbocycles. The first-order chi connectivity index (χ1) is 27.8. The smallest absolute Gasteiger partial charge is 0.164 e. The molecule has 262 valence electrons. The van der Waals surface area contributed by atoms with Crippen LogP contribution in [0.25, 0.3) is 100 Å². The molecule has 0 amide bonds. The van der Waals surface area contributed by atoms with E-state index in [1.54, 1.807) is 0 Å². The number of rotatable bonds is 6. The summed E-state index contributed by atoms with van der Waals surface area (Å²) in [6, 6.07) is 65.5. The van der Waals surface area contributed by atoms with Gasteiger partial charge in [0.2, 0.25) is 0 Å². The number of para-hydroxylation sites is 2. The van der Waals surface area contributed by atoms with Gasteiger partial charge in [0.1, 0.15) is 5.65 Å². The Hall–Kier alpha value is -7.70. The fraction of sp³-hybridized carbons (Fsp3) is 0. The van der Waals surface area contributed by atoms with Gasteiger partial charge in [0.25, 0.3) is 0 Å². The molecule has 11 rings (SSSR count). The zero-order chi connectivity index (χ0) is 37.0. The Balaban J connectivity index is 1.05. The van der Waals surface area contributed by atoms with Crippen molar-refractivity contribution in [1.82, 2.24) is 29.1 Å². The summed E-state index contributed by atoms with van der Waals surface area (Å²) in [6.07, 6.45) is 1.87. The van der Waals surface area contributed by atoms with Crippen LogP contribution in [-0.4, -0.2) is 29.1 Å². The monoisotopic (exact) mass is 716 g/mol. The highest BCUT2D eigenvalue weighted by Gasteiger charge is 2.19. The lowest BCUT2D eigenvalue weighted by molar-refractivity contribution is 1.07. The number of nitrogens with zero attached hydrogens (tertiary/aromatic N) is 6. The SMILES string of the molecule is c1ccc(-c2nc(-c3ccccc3)nc(-c3ccc(-n4c5ccccc5c5c(-c6ccc7c(c6)c6cccnc6n7-c6ccccc6)cccc54)cc3)n2)cc1. The van der Waals surface area contributed by atoms with Crippen LogP contribution in [0.5, 0.6) is 0 Å². The highest BCUT2D eigenvalue weighted by Crippen LogP contribution is 2.41. The Morgan fingerprint density at radius 2 is 0.875 bits per heavy atom. The summed E-state index contributed by atoms with van der Waals surface area (Å²) in [6.45, 7) is 0. The lowest BCUT2D eigenvalue weighted by Crippen LogP contribution is -2.00. The summed E-state index contributed by atoms with van der Waals surface area (Å²) < 4.78 is 4.62. The Morgan fingerprint density at radius 3 is 1.57 bits per heavy atom. The summed E-state index contributed by atoms with van der Waals surface area (Å²) in [5.74, 6) is 1.92. The van der Waals surface area contributed by atoms with Gasteiger partial charge >= 0.3 is 0 Å². The molecule has 0 fully saturated rings. The largest absolute Gasteiger partial charge is 0.309 e. The molecule has 6 nitrogen and oxygen atoms in total. The van der Waals surface area contributed by atoms with Crippen molar-refractivity contribution in [2.24, 2.45) is 0 Å². The zero-order valence-corrected chi connectivity index (χ0v) is 30.2. The topological polar surface area (TPSA) is 61.4 Å². The number of hydrogen-bond acceptors (Lipinski definition) is 4. The van der Waals surface area contributed by atoms with Crippen LogP contribution < -0.4 is 0 Å². The van der Waals surface area contributed by atoms with E-state index in [9.17, 15) is 0 Å². The van der Waals surface area contributed by atoms with E-state index in [1.807, 2.05) is 79.0 Å². The molecule has 0 bridgehead atoms. The van der Waals surface area contributed by atoms with Gasteiger partial charge in [0.15, 0.2) is 17.5 Å². The number of benzene rings is 7. The van der Waals surface area contributed by atoms with Crippen molar-refractivity contribution < 1.29 is 0 Å². The first-order valence-corrected chi connectivity index (χ1v) is 18.7. The molecular formula is C50H32N6. The van der Waals surface area contributed by atoms with Gasteiger partial charge < -0.3 is 4.57 Å². The molecule has 0 unspecified atom stereocenters. The minimum atomic E-state index is 0.632. The standard InChI is InChI=1S/C50H32N6/c1-4-14-33(15-5-1)47-52-48(34-16-6-2-7-17-34)54-49(53-47)35-25-28-38(29-26-35)55-43-23-11-10-20-41(43)46-39(21-12-24-45(46)55)36-27-30-44-42(32-36)40-22-13-31-51-50(40)56(44)37-18-8-3-9-19-37/h1-32H. The molecule has 4 heterocycles. The molecule has 0 aliphatic heterocycles. The molecule has 0 spiro atoms. The Kier molecular flexibility index (Phi) is 7.38. The molecule has 7 aromatic carbocycles. The minimum absolute atomic E-state index is 0.632. The van der Waals surface area contributed by atoms with Gasteiger partial charge in [-0.05, 0) is 83.9 Å². The molecule has 0 aliphatic rings. The Labute approximate surface area is 322 Å². The second-order valence-electron chi connectivity index (χ2n) is 13.9.